The largest absolute Gasteiger partial charge is 0.444 e. The SMILES string of the molecule is CC(C)(C)OC(=O)N1CC[C@H]2[C@@H](C1)[C@]2(CCO)c1ccc(Cl)c(Cl)c1. The van der Waals surface area contributed by atoms with E-state index in [1.54, 1.807) is 4.90 Å². The molecule has 1 heterocycles. The van der Waals surface area contributed by atoms with Gasteiger partial charge in [-0.25, -0.2) is 4.79 Å². The summed E-state index contributed by atoms with van der Waals surface area (Å²) in [5.41, 5.74) is 0.486. The minimum absolute atomic E-state index is 0.111. The van der Waals surface area contributed by atoms with Crippen molar-refractivity contribution in [2.24, 2.45) is 11.8 Å². The van der Waals surface area contributed by atoms with Crippen molar-refractivity contribution in [2.75, 3.05) is 19.7 Å². The summed E-state index contributed by atoms with van der Waals surface area (Å²) in [5, 5.41) is 10.7. The fourth-order valence-electron chi connectivity index (χ4n) is 4.38. The second-order valence-corrected chi connectivity index (χ2v) is 8.89. The Bertz CT molecular complexity index is 673. The number of likely N-dealkylation sites (tertiary alicyclic amines) is 1. The van der Waals surface area contributed by atoms with Crippen molar-refractivity contribution >= 4 is 29.3 Å². The van der Waals surface area contributed by atoms with Crippen LogP contribution < -0.4 is 0 Å². The van der Waals surface area contributed by atoms with Crippen molar-refractivity contribution in [3.05, 3.63) is 33.8 Å². The third-order valence-electron chi connectivity index (χ3n) is 5.46. The molecule has 0 spiro atoms. The van der Waals surface area contributed by atoms with Crippen LogP contribution in [-0.4, -0.2) is 41.4 Å². The topological polar surface area (TPSA) is 49.8 Å². The van der Waals surface area contributed by atoms with Crippen LogP contribution >= 0.6 is 23.2 Å². The predicted molar refractivity (Wildman–Crippen MR) is 99.2 cm³/mol. The molecule has 1 N–H and O–H groups in total. The van der Waals surface area contributed by atoms with Crippen LogP contribution in [0.25, 0.3) is 0 Å². The summed E-state index contributed by atoms with van der Waals surface area (Å²) in [7, 11) is 0. The highest BCUT2D eigenvalue weighted by molar-refractivity contribution is 6.42. The van der Waals surface area contributed by atoms with Crippen LogP contribution in [0, 0.1) is 11.8 Å². The number of carbonyl (C=O) groups excluding carboxylic acids is 1. The Morgan fingerprint density at radius 2 is 2.04 bits per heavy atom. The molecule has 0 aromatic heterocycles. The zero-order valence-electron chi connectivity index (χ0n) is 14.9. The first-order valence-electron chi connectivity index (χ1n) is 8.73. The summed E-state index contributed by atoms with van der Waals surface area (Å²) < 4.78 is 5.51. The number of amides is 1. The first-order chi connectivity index (χ1) is 11.7. The summed E-state index contributed by atoms with van der Waals surface area (Å²) in [4.78, 5) is 14.2. The van der Waals surface area contributed by atoms with Gasteiger partial charge in [0.1, 0.15) is 5.60 Å². The van der Waals surface area contributed by atoms with Crippen molar-refractivity contribution < 1.29 is 14.6 Å². The Hall–Kier alpha value is -0.970. The lowest BCUT2D eigenvalue weighted by Crippen LogP contribution is -2.40. The molecule has 1 aliphatic heterocycles. The standard InChI is InChI=1S/C19H25Cl2NO3/c1-18(2,3)25-17(24)22-8-6-13-14(11-22)19(13,7-9-23)12-4-5-15(20)16(21)10-12/h4-5,10,13-14,23H,6-9,11H2,1-3H3/t13-,14+,19+/m0/s1. The number of nitrogens with zero attached hydrogens (tertiary/aromatic N) is 1. The first kappa shape index (κ1) is 18.8. The molecule has 25 heavy (non-hydrogen) atoms. The third kappa shape index (κ3) is 3.49. The van der Waals surface area contributed by atoms with Gasteiger partial charge in [-0.15, -0.1) is 0 Å². The molecule has 1 amide bonds. The number of ether oxygens (including phenoxy) is 1. The van der Waals surface area contributed by atoms with Crippen molar-refractivity contribution in [3.8, 4) is 0 Å². The maximum absolute atomic E-state index is 12.4. The van der Waals surface area contributed by atoms with Crippen LogP contribution in [0.2, 0.25) is 10.0 Å². The normalized spacial score (nSPS) is 28.5. The van der Waals surface area contributed by atoms with Crippen molar-refractivity contribution in [1.29, 1.82) is 0 Å². The smallest absolute Gasteiger partial charge is 0.410 e. The van der Waals surface area contributed by atoms with Crippen molar-refractivity contribution in [2.45, 2.75) is 44.6 Å². The number of piperidine rings is 1. The van der Waals surface area contributed by atoms with E-state index in [-0.39, 0.29) is 18.1 Å². The third-order valence-corrected chi connectivity index (χ3v) is 6.20. The Kier molecular flexibility index (Phi) is 5.00. The van der Waals surface area contributed by atoms with E-state index in [2.05, 4.69) is 0 Å². The molecule has 1 aliphatic carbocycles. The number of benzene rings is 1. The number of halogens is 2. The van der Waals surface area contributed by atoms with E-state index in [1.807, 2.05) is 39.0 Å². The number of hydrogen-bond donors (Lipinski definition) is 1. The quantitative estimate of drug-likeness (QED) is 0.832. The van der Waals surface area contributed by atoms with E-state index >= 15 is 0 Å². The zero-order chi connectivity index (χ0) is 18.4. The molecule has 0 radical (unpaired) electrons. The number of fused-ring (bicyclic) bond motifs is 1. The van der Waals surface area contributed by atoms with Gasteiger partial charge in [0.05, 0.1) is 10.0 Å². The van der Waals surface area contributed by atoms with Gasteiger partial charge >= 0.3 is 6.09 Å². The molecule has 6 heteroatoms. The van der Waals surface area contributed by atoms with E-state index in [0.29, 0.717) is 41.4 Å². The molecule has 3 rings (SSSR count). The molecule has 0 bridgehead atoms. The highest BCUT2D eigenvalue weighted by Gasteiger charge is 2.66. The number of hydrogen-bond acceptors (Lipinski definition) is 3. The van der Waals surface area contributed by atoms with E-state index in [9.17, 15) is 9.90 Å². The average molecular weight is 386 g/mol. The fourth-order valence-corrected chi connectivity index (χ4v) is 4.68. The lowest BCUT2D eigenvalue weighted by Gasteiger charge is -2.29. The van der Waals surface area contributed by atoms with Gasteiger partial charge in [-0.3, -0.25) is 0 Å². The Labute approximate surface area is 159 Å². The van der Waals surface area contributed by atoms with Gasteiger partial charge in [0, 0.05) is 25.1 Å². The summed E-state index contributed by atoms with van der Waals surface area (Å²) in [5.74, 6) is 0.772. The number of rotatable bonds is 3. The fraction of sp³-hybridized carbons (Fsp3) is 0.632. The van der Waals surface area contributed by atoms with Crippen LogP contribution in [0.5, 0.6) is 0 Å². The predicted octanol–water partition coefficient (Wildman–Crippen LogP) is 4.50. The second kappa shape index (κ2) is 6.64. The molecule has 2 aliphatic rings. The second-order valence-electron chi connectivity index (χ2n) is 8.07. The molecular weight excluding hydrogens is 361 g/mol. The van der Waals surface area contributed by atoms with Crippen molar-refractivity contribution in [1.82, 2.24) is 4.90 Å². The zero-order valence-corrected chi connectivity index (χ0v) is 16.4. The molecule has 1 aromatic carbocycles. The average Bonchev–Trinajstić information content (AvgIpc) is 3.16. The van der Waals surface area contributed by atoms with Gasteiger partial charge in [-0.2, -0.15) is 0 Å². The minimum atomic E-state index is -0.497. The highest BCUT2D eigenvalue weighted by Crippen LogP contribution is 2.65. The molecule has 3 atom stereocenters. The molecule has 2 fully saturated rings. The van der Waals surface area contributed by atoms with Gasteiger partial charge in [0.2, 0.25) is 0 Å². The molecule has 1 aromatic rings. The van der Waals surface area contributed by atoms with Crippen LogP contribution in [0.4, 0.5) is 4.79 Å². The summed E-state index contributed by atoms with van der Waals surface area (Å²) in [6.45, 7) is 7.08. The number of aliphatic hydroxyl groups excluding tert-OH is 1. The molecule has 0 unspecified atom stereocenters. The summed E-state index contributed by atoms with van der Waals surface area (Å²) in [6, 6.07) is 5.73. The van der Waals surface area contributed by atoms with E-state index in [0.717, 1.165) is 12.0 Å². The van der Waals surface area contributed by atoms with Crippen LogP contribution in [0.15, 0.2) is 18.2 Å². The van der Waals surface area contributed by atoms with Gasteiger partial charge in [-0.1, -0.05) is 29.3 Å². The van der Waals surface area contributed by atoms with E-state index < -0.39 is 5.60 Å². The summed E-state index contributed by atoms with van der Waals surface area (Å²) in [6.07, 6.45) is 1.32. The van der Waals surface area contributed by atoms with Gasteiger partial charge in [0.25, 0.3) is 0 Å². The lowest BCUT2D eigenvalue weighted by atomic mass is 9.88. The van der Waals surface area contributed by atoms with E-state index in [4.69, 9.17) is 27.9 Å². The number of aliphatic hydroxyl groups is 1. The Balaban J connectivity index is 1.80. The van der Waals surface area contributed by atoms with E-state index in [1.165, 1.54) is 0 Å². The van der Waals surface area contributed by atoms with Gasteiger partial charge < -0.3 is 14.7 Å². The molecule has 4 nitrogen and oxygen atoms in total. The van der Waals surface area contributed by atoms with Crippen LogP contribution in [0.3, 0.4) is 0 Å². The van der Waals surface area contributed by atoms with Crippen LogP contribution in [-0.2, 0) is 10.2 Å². The highest BCUT2D eigenvalue weighted by atomic mass is 35.5. The molecule has 138 valence electrons. The monoisotopic (exact) mass is 385 g/mol. The Morgan fingerprint density at radius 1 is 1.32 bits per heavy atom. The molecule has 1 saturated heterocycles. The lowest BCUT2D eigenvalue weighted by molar-refractivity contribution is 0.0206. The molecular formula is C19H25Cl2NO3. The van der Waals surface area contributed by atoms with Crippen LogP contribution in [0.1, 0.15) is 39.2 Å². The van der Waals surface area contributed by atoms with Gasteiger partial charge in [0.15, 0.2) is 0 Å². The molecule has 1 saturated carbocycles. The minimum Gasteiger partial charge on any atom is -0.444 e. The van der Waals surface area contributed by atoms with Gasteiger partial charge in [-0.05, 0) is 63.1 Å². The first-order valence-corrected chi connectivity index (χ1v) is 9.49. The maximum Gasteiger partial charge on any atom is 0.410 e. The number of carbonyl (C=O) groups is 1. The van der Waals surface area contributed by atoms with Crippen molar-refractivity contribution in [3.63, 3.8) is 0 Å². The Morgan fingerprint density at radius 3 is 2.64 bits per heavy atom. The maximum atomic E-state index is 12.4. The summed E-state index contributed by atoms with van der Waals surface area (Å²) >= 11 is 12.3.